The molecule has 8 aromatic rings. The van der Waals surface area contributed by atoms with Crippen molar-refractivity contribution in [3.05, 3.63) is 227 Å². The van der Waals surface area contributed by atoms with Gasteiger partial charge < -0.3 is 4.74 Å². The topological polar surface area (TPSA) is 114 Å². The van der Waals surface area contributed by atoms with Gasteiger partial charge in [0.2, 0.25) is 0 Å². The molecule has 2 heterocycles. The Morgan fingerprint density at radius 2 is 0.764 bits per heavy atom. The van der Waals surface area contributed by atoms with Crippen molar-refractivity contribution in [2.75, 3.05) is 13.2 Å². The molecule has 0 saturated carbocycles. The van der Waals surface area contributed by atoms with Gasteiger partial charge in [-0.2, -0.15) is 0 Å². The van der Waals surface area contributed by atoms with E-state index in [1.165, 1.54) is 6.92 Å². The summed E-state index contributed by atoms with van der Waals surface area (Å²) >= 11 is 0. The van der Waals surface area contributed by atoms with Crippen LogP contribution in [0.15, 0.2) is 182 Å². The van der Waals surface area contributed by atoms with Crippen molar-refractivity contribution in [3.8, 4) is 0 Å². The van der Waals surface area contributed by atoms with Gasteiger partial charge in [-0.15, -0.1) is 30.0 Å². The van der Waals surface area contributed by atoms with Crippen LogP contribution >= 0.6 is 0 Å². The lowest BCUT2D eigenvalue weighted by Crippen LogP contribution is -2.40. The third kappa shape index (κ3) is 6.53. The molecular weight excluding hydrogens is 685 g/mol. The number of benzene rings is 6. The summed E-state index contributed by atoms with van der Waals surface area (Å²) in [7, 11) is 0. The normalized spacial score (nSPS) is 11.8. The molecule has 55 heavy (non-hydrogen) atoms. The minimum atomic E-state index is -0.992. The summed E-state index contributed by atoms with van der Waals surface area (Å²) in [6.45, 7) is 1.41. The van der Waals surface area contributed by atoms with Crippen molar-refractivity contribution in [2.24, 2.45) is 0 Å². The van der Waals surface area contributed by atoms with Crippen LogP contribution in [0.5, 0.6) is 0 Å². The minimum Gasteiger partial charge on any atom is -0.372 e. The number of Topliss-reactive ketones (excluding diaryl/α,β-unsaturated/α-hetero) is 1. The Bertz CT molecular complexity index is 2080. The maximum Gasteiger partial charge on any atom is 0.188 e. The van der Waals surface area contributed by atoms with E-state index in [-0.39, 0.29) is 19.0 Å². The van der Waals surface area contributed by atoms with E-state index in [9.17, 15) is 4.79 Å². The Balaban J connectivity index is 1.31. The number of aromatic nitrogens is 8. The average Bonchev–Trinajstić information content (AvgIpc) is 3.94. The lowest BCUT2D eigenvalue weighted by atomic mass is 9.77. The van der Waals surface area contributed by atoms with E-state index in [2.05, 4.69) is 72.8 Å². The molecule has 0 unspecified atom stereocenters. The third-order valence-corrected chi connectivity index (χ3v) is 9.82. The molecule has 270 valence electrons. The van der Waals surface area contributed by atoms with Crippen molar-refractivity contribution in [2.45, 2.75) is 23.9 Å². The standard InChI is InChI=1S/C45H38N8O2/c1-34(54)32-55-33-41(42-46-50-52(48-42)44(35-20-8-2-9-21-35,36-22-10-3-11-23-36)37-24-12-4-13-25-37)43-47-51-53(49-43)45(38-26-14-5-15-27-38,39-28-16-6-17-29-39)40-30-18-7-19-31-40/h2-31,41H,32-33H2,1H3. The molecule has 0 spiro atoms. The molecule has 0 aliphatic rings. The van der Waals surface area contributed by atoms with Crippen LogP contribution in [-0.4, -0.2) is 59.4 Å². The van der Waals surface area contributed by atoms with E-state index in [4.69, 9.17) is 35.6 Å². The van der Waals surface area contributed by atoms with Crippen molar-refractivity contribution >= 4 is 5.78 Å². The van der Waals surface area contributed by atoms with E-state index in [1.807, 2.05) is 109 Å². The summed E-state index contributed by atoms with van der Waals surface area (Å²) in [5.41, 5.74) is 3.70. The number of ether oxygens (including phenoxy) is 1. The fourth-order valence-corrected chi connectivity index (χ4v) is 7.37. The Kier molecular flexibility index (Phi) is 9.96. The zero-order valence-corrected chi connectivity index (χ0v) is 30.2. The molecule has 0 aliphatic heterocycles. The zero-order chi connectivity index (χ0) is 37.5. The largest absolute Gasteiger partial charge is 0.372 e. The number of tetrazole rings is 2. The molecule has 10 nitrogen and oxygen atoms in total. The van der Waals surface area contributed by atoms with Crippen LogP contribution in [0.25, 0.3) is 0 Å². The first-order chi connectivity index (χ1) is 27.1. The maximum atomic E-state index is 12.1. The van der Waals surface area contributed by atoms with Crippen LogP contribution in [0.1, 0.15) is 57.9 Å². The fourth-order valence-electron chi connectivity index (χ4n) is 7.37. The molecular formula is C45H38N8O2. The number of carbonyl (C=O) groups is 1. The van der Waals surface area contributed by atoms with Gasteiger partial charge in [-0.05, 0) is 50.7 Å². The van der Waals surface area contributed by atoms with Gasteiger partial charge in [-0.1, -0.05) is 182 Å². The van der Waals surface area contributed by atoms with Gasteiger partial charge in [0.05, 0.1) is 6.61 Å². The second-order valence-corrected chi connectivity index (χ2v) is 13.3. The first-order valence-corrected chi connectivity index (χ1v) is 18.1. The molecule has 0 atom stereocenters. The van der Waals surface area contributed by atoms with Crippen molar-refractivity contribution in [1.82, 2.24) is 40.4 Å². The summed E-state index contributed by atoms with van der Waals surface area (Å²) in [5, 5.41) is 29.2. The van der Waals surface area contributed by atoms with Crippen molar-refractivity contribution in [3.63, 3.8) is 0 Å². The Labute approximate surface area is 319 Å². The molecule has 0 N–H and O–H groups in total. The molecule has 0 fully saturated rings. The number of hydrogen-bond acceptors (Lipinski definition) is 8. The quantitative estimate of drug-likeness (QED) is 0.110. The maximum absolute atomic E-state index is 12.1. The predicted octanol–water partition coefficient (Wildman–Crippen LogP) is 7.08. The van der Waals surface area contributed by atoms with E-state index in [0.29, 0.717) is 11.6 Å². The van der Waals surface area contributed by atoms with Gasteiger partial charge in [0.25, 0.3) is 0 Å². The number of ketones is 1. The monoisotopic (exact) mass is 722 g/mol. The fraction of sp³-hybridized carbons (Fsp3) is 0.133. The first kappa shape index (κ1) is 35.1. The van der Waals surface area contributed by atoms with E-state index < -0.39 is 17.0 Å². The third-order valence-electron chi connectivity index (χ3n) is 9.82. The summed E-state index contributed by atoms with van der Waals surface area (Å²) in [6.07, 6.45) is 0. The number of nitrogens with zero attached hydrogens (tertiary/aromatic N) is 8. The molecule has 2 aromatic heterocycles. The second-order valence-electron chi connectivity index (χ2n) is 13.3. The zero-order valence-electron chi connectivity index (χ0n) is 30.2. The van der Waals surface area contributed by atoms with Crippen LogP contribution < -0.4 is 0 Å². The number of carbonyl (C=O) groups excluding carboxylic acids is 1. The van der Waals surface area contributed by atoms with Gasteiger partial charge in [-0.25, -0.2) is 0 Å². The van der Waals surface area contributed by atoms with Gasteiger partial charge in [-0.3, -0.25) is 4.79 Å². The number of hydrogen-bond donors (Lipinski definition) is 0. The summed E-state index contributed by atoms with van der Waals surface area (Å²) in [4.78, 5) is 15.4. The highest BCUT2D eigenvalue weighted by atomic mass is 16.5. The Hall–Kier alpha value is -6.91. The van der Waals surface area contributed by atoms with Crippen LogP contribution in [0.3, 0.4) is 0 Å². The van der Waals surface area contributed by atoms with Gasteiger partial charge in [0.1, 0.15) is 12.5 Å². The smallest absolute Gasteiger partial charge is 0.188 e. The van der Waals surface area contributed by atoms with E-state index in [1.54, 1.807) is 9.59 Å². The number of rotatable bonds is 14. The Morgan fingerprint density at radius 3 is 1.02 bits per heavy atom. The molecule has 6 aromatic carbocycles. The summed E-state index contributed by atoms with van der Waals surface area (Å²) < 4.78 is 5.98. The van der Waals surface area contributed by atoms with Gasteiger partial charge in [0, 0.05) is 0 Å². The van der Waals surface area contributed by atoms with Crippen LogP contribution in [0.2, 0.25) is 0 Å². The van der Waals surface area contributed by atoms with E-state index >= 15 is 0 Å². The molecule has 0 saturated heterocycles. The average molecular weight is 723 g/mol. The molecule has 10 heteroatoms. The van der Waals surface area contributed by atoms with Gasteiger partial charge in [0.15, 0.2) is 28.5 Å². The van der Waals surface area contributed by atoms with Crippen LogP contribution in [0, 0.1) is 0 Å². The Morgan fingerprint density at radius 1 is 0.491 bits per heavy atom. The lowest BCUT2D eigenvalue weighted by Gasteiger charge is -2.34. The highest BCUT2D eigenvalue weighted by Crippen LogP contribution is 2.41. The predicted molar refractivity (Wildman–Crippen MR) is 208 cm³/mol. The summed E-state index contributed by atoms with van der Waals surface area (Å²) in [5.74, 6) is -0.207. The van der Waals surface area contributed by atoms with Crippen molar-refractivity contribution in [1.29, 1.82) is 0 Å². The molecule has 0 aliphatic carbocycles. The second kappa shape index (κ2) is 15.6. The minimum absolute atomic E-state index is 0.0149. The molecule has 0 amide bonds. The van der Waals surface area contributed by atoms with Crippen molar-refractivity contribution < 1.29 is 9.53 Å². The van der Waals surface area contributed by atoms with E-state index in [0.717, 1.165) is 33.4 Å². The molecule has 0 radical (unpaired) electrons. The van der Waals surface area contributed by atoms with Gasteiger partial charge >= 0.3 is 0 Å². The van der Waals surface area contributed by atoms with Crippen LogP contribution in [0.4, 0.5) is 0 Å². The first-order valence-electron chi connectivity index (χ1n) is 18.1. The lowest BCUT2D eigenvalue weighted by molar-refractivity contribution is -0.121. The molecule has 8 rings (SSSR count). The SMILES string of the molecule is CC(=O)COCC(c1nnn(C(c2ccccc2)(c2ccccc2)c2ccccc2)n1)c1nnn(C(c2ccccc2)(c2ccccc2)c2ccccc2)n1. The van der Waals surface area contributed by atoms with Crippen LogP contribution in [-0.2, 0) is 20.6 Å². The molecule has 0 bridgehead atoms. The highest BCUT2D eigenvalue weighted by molar-refractivity contribution is 5.76. The highest BCUT2D eigenvalue weighted by Gasteiger charge is 2.44. The summed E-state index contributed by atoms with van der Waals surface area (Å²) in [6, 6.07) is 60.8.